The van der Waals surface area contributed by atoms with Crippen molar-refractivity contribution < 1.29 is 174 Å². The maximum atomic E-state index is 11.3. The number of rotatable bonds is 7. The van der Waals surface area contributed by atoms with Gasteiger partial charge < -0.3 is 178 Å². The second-order valence-electron chi connectivity index (χ2n) is 24.7. The highest BCUT2D eigenvalue weighted by atomic mass is 127. The van der Waals surface area contributed by atoms with E-state index in [0.717, 1.165) is 5.92 Å². The van der Waals surface area contributed by atoms with Crippen LogP contribution in [0.5, 0.6) is 0 Å². The second-order valence-corrected chi connectivity index (χ2v) is 24.7. The van der Waals surface area contributed by atoms with E-state index in [4.69, 9.17) is 66.3 Å². The maximum Gasteiger partial charge on any atom is 0.187 e. The molecule has 22 aliphatic rings. The summed E-state index contributed by atoms with van der Waals surface area (Å²) < 4.78 is 79.5. The minimum Gasteiger partial charge on any atom is -0.394 e. The van der Waals surface area contributed by atoms with Crippen LogP contribution in [-0.4, -0.2) is 393 Å². The normalized spacial score (nSPS) is 52.0. The first-order chi connectivity index (χ1) is 41.6. The average Bonchev–Trinajstić information content (AvgIpc) is 1.14. The molecule has 22 saturated heterocycles. The smallest absolute Gasteiger partial charge is 0.187 e. The Balaban J connectivity index is 0.000000848. The number of aliphatic hydroxyl groups excluding tert-OH is 21. The van der Waals surface area contributed by atoms with E-state index < -0.39 is 261 Å². The largest absolute Gasteiger partial charge is 0.394 e. The Hall–Kier alpha value is -0.710. The molecule has 0 aromatic carbocycles. The summed E-state index contributed by atoms with van der Waals surface area (Å²) in [5.41, 5.74) is 0.532. The summed E-state index contributed by atoms with van der Waals surface area (Å²) in [6, 6.07) is 0. The van der Waals surface area contributed by atoms with Gasteiger partial charge in [-0.3, -0.25) is 0 Å². The van der Waals surface area contributed by atoms with Gasteiger partial charge in [0.25, 0.3) is 0 Å². The van der Waals surface area contributed by atoms with E-state index in [1.165, 1.54) is 25.9 Å². The van der Waals surface area contributed by atoms with Crippen LogP contribution in [0.25, 0.3) is 0 Å². The third kappa shape index (κ3) is 16.5. The van der Waals surface area contributed by atoms with Gasteiger partial charge in [0.2, 0.25) is 0 Å². The summed E-state index contributed by atoms with van der Waals surface area (Å²) in [7, 11) is 2.24. The molecule has 0 aromatic heterocycles. The topological polar surface area (TPSA) is 557 Å². The highest BCUT2D eigenvalue weighted by Crippen LogP contribution is 2.39. The Morgan fingerprint density at radius 3 is 0.629 bits per heavy atom. The van der Waals surface area contributed by atoms with E-state index in [9.17, 15) is 107 Å². The molecule has 1 unspecified atom stereocenters. The summed E-state index contributed by atoms with van der Waals surface area (Å²) in [6.07, 6.45) is -67.5. The van der Waals surface area contributed by atoms with Gasteiger partial charge in [-0.1, -0.05) is 20.8 Å². The van der Waals surface area contributed by atoms with Gasteiger partial charge in [0.05, 0.1) is 46.2 Å². The minimum atomic E-state index is -2.21. The molecule has 89 heavy (non-hydrogen) atoms. The van der Waals surface area contributed by atoms with E-state index in [1.54, 1.807) is 0 Å². The van der Waals surface area contributed by atoms with Crippen molar-refractivity contribution in [2.24, 2.45) is 11.3 Å². The van der Waals surface area contributed by atoms with Crippen molar-refractivity contribution in [1.82, 2.24) is 4.90 Å². The van der Waals surface area contributed by atoms with Crippen LogP contribution >= 0.6 is 24.0 Å². The van der Waals surface area contributed by atoms with E-state index in [0.29, 0.717) is 5.41 Å². The lowest BCUT2D eigenvalue weighted by atomic mass is 9.83. The summed E-state index contributed by atoms with van der Waals surface area (Å²) in [5, 5.41) is 230. The molecular formula is C52H92INO35. The van der Waals surface area contributed by atoms with Crippen molar-refractivity contribution >= 4 is 24.0 Å². The van der Waals surface area contributed by atoms with Gasteiger partial charge in [-0.2, -0.15) is 0 Å². The Kier molecular flexibility index (Phi) is 27.7. The molecule has 0 spiro atoms. The molecule has 14 bridgehead atoms. The van der Waals surface area contributed by atoms with Crippen LogP contribution in [0.3, 0.4) is 0 Å². The fraction of sp³-hybridized carbons (Fsp3) is 1.00. The summed E-state index contributed by atoms with van der Waals surface area (Å²) in [4.78, 5) is 2.46. The van der Waals surface area contributed by atoms with Crippen LogP contribution in [0.1, 0.15) is 33.6 Å². The lowest BCUT2D eigenvalue weighted by Gasteiger charge is -2.50. The molecule has 0 aromatic rings. The molecule has 22 aliphatic heterocycles. The summed E-state index contributed by atoms with van der Waals surface area (Å²) >= 11 is 0. The van der Waals surface area contributed by atoms with E-state index in [2.05, 4.69) is 32.7 Å². The molecular weight excluding hydrogens is 1330 g/mol. The zero-order chi connectivity index (χ0) is 64.5. The molecule has 37 heteroatoms. The monoisotopic (exact) mass is 1420 g/mol. The minimum absolute atomic E-state index is 0. The van der Waals surface area contributed by atoms with Crippen molar-refractivity contribution in [3.05, 3.63) is 0 Å². The van der Waals surface area contributed by atoms with E-state index >= 15 is 0 Å². The first-order valence-corrected chi connectivity index (χ1v) is 29.3. The molecule has 0 saturated carbocycles. The first-order valence-electron chi connectivity index (χ1n) is 29.3. The quantitative estimate of drug-likeness (QED) is 0.105. The third-order valence-electron chi connectivity index (χ3n) is 17.4. The summed E-state index contributed by atoms with van der Waals surface area (Å²) in [5.74, 6) is 0.912. The van der Waals surface area contributed by atoms with Gasteiger partial charge >= 0.3 is 0 Å². The standard InChI is InChI=1S/C42H70O35.C10H21N.HI/c43-1-8-29-15(50)22(57)36(64-8)72-30-9(2-44)66-38(24(59)17(30)52)74-32-11(4-46)68-40(26(61)19(32)54)76-34-13(6-48)70-42(28(63)21(34)56)77-35-14(7-49)69-41(27(62)20(35)55)75-33-12(5-47)67-39(25(60)18(33)53)73-31-10(3-45)65-37(71-29)23(58)16(31)51;1-9-5-6-11(4)8-10(2,3)7-9;/h8-63H,1-7H2;9H,5-8H2,1-4H3;1H/t8-,9-,10-,11-,12-,13-,14-,15-,16-,17-,18-,19+,20+,21+,22-,23-,24-,25-,26+,27+,28+,29-,30-,31-,32-,33-,34-,35-,36-,37-,38-,39-,40-,41-,42-;;/m1../s1. The van der Waals surface area contributed by atoms with Crippen LogP contribution in [0.2, 0.25) is 0 Å². The van der Waals surface area contributed by atoms with Gasteiger partial charge in [0.1, 0.15) is 171 Å². The number of ether oxygens (including phenoxy) is 14. The Morgan fingerprint density at radius 2 is 0.472 bits per heavy atom. The fourth-order valence-corrected chi connectivity index (χ4v) is 12.8. The lowest BCUT2D eigenvalue weighted by molar-refractivity contribution is -0.396. The zero-order valence-corrected chi connectivity index (χ0v) is 51.4. The van der Waals surface area contributed by atoms with Gasteiger partial charge in [-0.25, -0.2) is 0 Å². The Labute approximate surface area is 526 Å². The highest BCUT2D eigenvalue weighted by Gasteiger charge is 2.59. The summed E-state index contributed by atoms with van der Waals surface area (Å²) in [6.45, 7) is 2.35. The number of nitrogens with zero attached hydrogens (tertiary/aromatic N) is 1. The molecule has 22 heterocycles. The van der Waals surface area contributed by atoms with Crippen molar-refractivity contribution in [2.75, 3.05) is 66.4 Å². The molecule has 21 N–H and O–H groups in total. The number of hydrogen-bond acceptors (Lipinski definition) is 36. The Bertz CT molecular complexity index is 1750. The number of aliphatic hydroxyl groups is 21. The van der Waals surface area contributed by atoms with Gasteiger partial charge in [-0.05, 0) is 37.8 Å². The van der Waals surface area contributed by atoms with Crippen LogP contribution in [-0.2, 0) is 66.3 Å². The highest BCUT2D eigenvalue weighted by molar-refractivity contribution is 14.0. The van der Waals surface area contributed by atoms with Crippen molar-refractivity contribution in [1.29, 1.82) is 0 Å². The van der Waals surface area contributed by atoms with Gasteiger partial charge in [0.15, 0.2) is 44.0 Å². The SMILES string of the molecule is CC1CCN(C)CC(C)(C)C1.I.OC[C@H]1O[C@@H]2O[C@H]3[C@H](O)[C@@H](O)[C@@H](O[C@H]4[C@H](O)[C@@H](O)[C@@H](O[C@H]5[C@H](O)[C@@H](O)[C@@H](O[C@H]6[C@@H](O)[C@H](O)[C@@H](O[C@H]7[C@@H](O)[C@H](O)[C@@H](O[C@H]8[C@@H](O)[C@H](O)[C@@H](O[C@H]1[C@H](O)[C@H]2O)O[C@@H]8CO)O[C@@H]7CO)O[C@@H]6CO)O[C@@H]5CO)O[C@@H]4CO)O[C@@H]3CO. The number of halogens is 1. The van der Waals surface area contributed by atoms with Crippen molar-refractivity contribution in [2.45, 2.75) is 249 Å². The predicted octanol–water partition coefficient (Wildman–Crippen LogP) is -12.2. The van der Waals surface area contributed by atoms with Crippen LogP contribution in [0.15, 0.2) is 0 Å². The van der Waals surface area contributed by atoms with Gasteiger partial charge in [-0.15, -0.1) is 24.0 Å². The third-order valence-corrected chi connectivity index (χ3v) is 17.4. The maximum absolute atomic E-state index is 11.3. The second kappa shape index (κ2) is 32.6. The van der Waals surface area contributed by atoms with Crippen molar-refractivity contribution in [3.8, 4) is 0 Å². The van der Waals surface area contributed by atoms with Crippen LogP contribution in [0.4, 0.5) is 0 Å². The molecule has 36 nitrogen and oxygen atoms in total. The average molecular weight is 1420 g/mol. The fourth-order valence-electron chi connectivity index (χ4n) is 12.8. The predicted molar refractivity (Wildman–Crippen MR) is 294 cm³/mol. The Morgan fingerprint density at radius 1 is 0.303 bits per heavy atom. The number of hydrogen-bond donors (Lipinski definition) is 21. The molecule has 22 fully saturated rings. The van der Waals surface area contributed by atoms with Gasteiger partial charge in [0, 0.05) is 6.54 Å². The van der Waals surface area contributed by atoms with E-state index in [-0.39, 0.29) is 24.0 Å². The number of likely N-dealkylation sites (tertiary alicyclic amines) is 1. The molecule has 0 amide bonds. The molecule has 522 valence electrons. The molecule has 22 rings (SSSR count). The molecule has 0 radical (unpaired) electrons. The molecule has 0 aliphatic carbocycles. The first kappa shape index (κ1) is 75.7. The van der Waals surface area contributed by atoms with E-state index in [1.807, 2.05) is 0 Å². The van der Waals surface area contributed by atoms with Crippen LogP contribution < -0.4 is 0 Å². The van der Waals surface area contributed by atoms with Crippen LogP contribution in [0, 0.1) is 11.3 Å². The zero-order valence-electron chi connectivity index (χ0n) is 49.0. The molecule has 36 atom stereocenters. The van der Waals surface area contributed by atoms with Crippen molar-refractivity contribution in [3.63, 3.8) is 0 Å². The lowest BCUT2D eigenvalue weighted by Crippen LogP contribution is -2.68.